The van der Waals surface area contributed by atoms with Gasteiger partial charge in [-0.2, -0.15) is 0 Å². The van der Waals surface area contributed by atoms with Crippen molar-refractivity contribution in [2.24, 2.45) is 22.7 Å². The highest BCUT2D eigenvalue weighted by atomic mass is 16.6. The van der Waals surface area contributed by atoms with Crippen LogP contribution in [0.5, 0.6) is 0 Å². The molecule has 0 saturated heterocycles. The third-order valence-corrected chi connectivity index (χ3v) is 12.4. The highest BCUT2D eigenvalue weighted by Gasteiger charge is 2.81. The van der Waals surface area contributed by atoms with Gasteiger partial charge in [-0.15, -0.1) is 0 Å². The van der Waals surface area contributed by atoms with Gasteiger partial charge < -0.3 is 24.8 Å². The summed E-state index contributed by atoms with van der Waals surface area (Å²) in [7, 11) is 0. The Morgan fingerprint density at radius 1 is 1.04 bits per heavy atom. The van der Waals surface area contributed by atoms with Gasteiger partial charge in [-0.1, -0.05) is 50.1 Å². The summed E-state index contributed by atoms with van der Waals surface area (Å²) in [6, 6.07) is 5.91. The Kier molecular flexibility index (Phi) is 9.16. The summed E-state index contributed by atoms with van der Waals surface area (Å²) in [5.41, 5.74) is -5.93. The lowest BCUT2D eigenvalue weighted by Gasteiger charge is -2.67. The molecule has 0 aliphatic heterocycles. The van der Waals surface area contributed by atoms with Crippen molar-refractivity contribution < 1.29 is 44.1 Å². The van der Waals surface area contributed by atoms with Crippen molar-refractivity contribution in [2.45, 2.75) is 115 Å². The molecule has 0 unspecified atom stereocenters. The number of benzene rings is 1. The normalized spacial score (nSPS) is 37.7. The maximum absolute atomic E-state index is 13.3. The number of ketones is 1. The summed E-state index contributed by atoms with van der Waals surface area (Å²) in [5, 5.41) is 48.2. The summed E-state index contributed by atoms with van der Waals surface area (Å²) in [6.07, 6.45) is 5.81. The zero-order valence-electron chi connectivity index (χ0n) is 28.5. The number of non-ortho nitro benzene ring substituents is 1. The summed E-state index contributed by atoms with van der Waals surface area (Å²) >= 11 is 0. The molecule has 1 aromatic carbocycles. The van der Waals surface area contributed by atoms with E-state index in [0.717, 1.165) is 11.1 Å². The number of carbonyl (C=O) groups excluding carboxylic acids is 3. The van der Waals surface area contributed by atoms with Gasteiger partial charge in [0.05, 0.1) is 10.3 Å². The number of carbonyl (C=O) groups is 3. The number of nitro benzene ring substituents is 1. The molecule has 11 heteroatoms. The molecule has 0 bridgehead atoms. The molecule has 48 heavy (non-hydrogen) atoms. The number of nitrogens with zero attached hydrogens (tertiary/aromatic N) is 1. The molecule has 3 saturated carbocycles. The summed E-state index contributed by atoms with van der Waals surface area (Å²) in [4.78, 5) is 49.6. The number of ether oxygens (including phenoxy) is 2. The number of rotatable bonds is 8. The minimum Gasteiger partial charge on any atom is -0.459 e. The third kappa shape index (κ3) is 5.44. The first-order valence-electron chi connectivity index (χ1n) is 16.7. The van der Waals surface area contributed by atoms with Crippen LogP contribution in [0.3, 0.4) is 0 Å². The lowest BCUT2D eigenvalue weighted by molar-refractivity contribution is -0.384. The second kappa shape index (κ2) is 12.3. The van der Waals surface area contributed by atoms with Crippen LogP contribution >= 0.6 is 0 Å². The van der Waals surface area contributed by atoms with Crippen molar-refractivity contribution in [3.8, 4) is 0 Å². The van der Waals surface area contributed by atoms with E-state index in [9.17, 15) is 39.8 Å². The molecule has 3 fully saturated rings. The average molecular weight is 666 g/mol. The number of hydrogen-bond donors (Lipinski definition) is 3. The fourth-order valence-electron chi connectivity index (χ4n) is 9.09. The van der Waals surface area contributed by atoms with Crippen LogP contribution in [-0.4, -0.2) is 67.0 Å². The lowest BCUT2D eigenvalue weighted by atomic mass is 9.42. The van der Waals surface area contributed by atoms with E-state index in [1.165, 1.54) is 43.4 Å². The second-order valence-corrected chi connectivity index (χ2v) is 15.0. The van der Waals surface area contributed by atoms with Crippen LogP contribution in [0, 0.1) is 32.8 Å². The molecule has 1 aromatic rings. The topological polar surface area (TPSA) is 174 Å². The molecule has 0 spiro atoms. The number of aliphatic hydroxyl groups is 3. The number of allylic oxidation sites excluding steroid dienone is 1. The van der Waals surface area contributed by atoms with Gasteiger partial charge in [-0.25, -0.2) is 9.59 Å². The van der Waals surface area contributed by atoms with Crippen molar-refractivity contribution >= 4 is 29.5 Å². The van der Waals surface area contributed by atoms with E-state index in [1.807, 2.05) is 33.8 Å². The molecule has 4 aliphatic carbocycles. The Labute approximate surface area is 280 Å². The van der Waals surface area contributed by atoms with Crippen LogP contribution in [-0.2, 0) is 23.9 Å². The molecule has 260 valence electrons. The van der Waals surface area contributed by atoms with Gasteiger partial charge in [-0.3, -0.25) is 14.9 Å². The Morgan fingerprint density at radius 3 is 2.40 bits per heavy atom. The van der Waals surface area contributed by atoms with Gasteiger partial charge in [0.2, 0.25) is 0 Å². The minimum absolute atomic E-state index is 0.0447. The maximum atomic E-state index is 13.3. The summed E-state index contributed by atoms with van der Waals surface area (Å²) in [5.74, 6) is -2.29. The Bertz CT molecular complexity index is 1610. The number of hydrogen-bond acceptors (Lipinski definition) is 10. The van der Waals surface area contributed by atoms with E-state index < -0.39 is 68.4 Å². The molecule has 8 atom stereocenters. The molecule has 0 radical (unpaired) electrons. The minimum atomic E-state index is -2.03. The van der Waals surface area contributed by atoms with E-state index >= 15 is 0 Å². The average Bonchev–Trinajstić information content (AvgIpc) is 3.25. The quantitative estimate of drug-likeness (QED) is 0.111. The molecule has 0 amide bonds. The van der Waals surface area contributed by atoms with Crippen LogP contribution in [0.15, 0.2) is 53.6 Å². The largest absolute Gasteiger partial charge is 0.459 e. The van der Waals surface area contributed by atoms with Gasteiger partial charge in [0.1, 0.15) is 29.0 Å². The smallest absolute Gasteiger partial charge is 0.331 e. The standard InChI is InChI=1S/C37H47NO10/c1-22(2)23(3)18-32(41)48-30-21-29-33(5)14-13-28(47-31(40)11-10-25-8-7-9-27(19-25)38(45)46)20-26(33)12-15-36(29,43)37(44)17-16-35(42,24(4)39)34(30,37)6/h7-12,18-19,22,28-30,42-44H,13-17,20-21H2,1-6H3/b11-10+,23-18+/t28-,29+,30+,33-,34+,35+,36-,37+/m0/s1. The fourth-order valence-corrected chi connectivity index (χ4v) is 9.09. The third-order valence-electron chi connectivity index (χ3n) is 12.4. The van der Waals surface area contributed by atoms with E-state index in [2.05, 4.69) is 0 Å². The molecular weight excluding hydrogens is 618 g/mol. The van der Waals surface area contributed by atoms with E-state index in [0.29, 0.717) is 24.8 Å². The molecule has 4 aliphatic rings. The van der Waals surface area contributed by atoms with Gasteiger partial charge in [0.25, 0.3) is 5.69 Å². The van der Waals surface area contributed by atoms with Gasteiger partial charge >= 0.3 is 11.9 Å². The predicted octanol–water partition coefficient (Wildman–Crippen LogP) is 5.16. The van der Waals surface area contributed by atoms with Crippen LogP contribution in [0.2, 0.25) is 0 Å². The Balaban J connectivity index is 1.42. The zero-order valence-corrected chi connectivity index (χ0v) is 28.5. The number of nitro groups is 1. The second-order valence-electron chi connectivity index (χ2n) is 15.0. The van der Waals surface area contributed by atoms with Gasteiger partial charge in [0, 0.05) is 36.6 Å². The van der Waals surface area contributed by atoms with Crippen molar-refractivity contribution in [1.82, 2.24) is 0 Å². The van der Waals surface area contributed by atoms with Crippen molar-refractivity contribution in [1.29, 1.82) is 0 Å². The highest BCUT2D eigenvalue weighted by Crippen LogP contribution is 2.71. The van der Waals surface area contributed by atoms with Gasteiger partial charge in [0.15, 0.2) is 5.78 Å². The first kappa shape index (κ1) is 35.6. The fraction of sp³-hybridized carbons (Fsp3) is 0.595. The molecule has 5 rings (SSSR count). The molecule has 11 nitrogen and oxygen atoms in total. The summed E-state index contributed by atoms with van der Waals surface area (Å²) in [6.45, 7) is 10.5. The van der Waals surface area contributed by atoms with Crippen LogP contribution in [0.25, 0.3) is 6.08 Å². The molecule has 0 aromatic heterocycles. The van der Waals surface area contributed by atoms with Crippen molar-refractivity contribution in [2.75, 3.05) is 0 Å². The zero-order chi connectivity index (χ0) is 35.4. The maximum Gasteiger partial charge on any atom is 0.331 e. The van der Waals surface area contributed by atoms with Gasteiger partial charge in [-0.05, 0) is 82.3 Å². The highest BCUT2D eigenvalue weighted by molar-refractivity contribution is 5.88. The first-order chi connectivity index (χ1) is 22.3. The molecular formula is C37H47NO10. The van der Waals surface area contributed by atoms with Crippen molar-refractivity contribution in [3.63, 3.8) is 0 Å². The van der Waals surface area contributed by atoms with Crippen molar-refractivity contribution in [3.05, 3.63) is 69.3 Å². The van der Waals surface area contributed by atoms with E-state index in [1.54, 1.807) is 13.0 Å². The van der Waals surface area contributed by atoms with Crippen LogP contribution < -0.4 is 0 Å². The van der Waals surface area contributed by atoms with Crippen LogP contribution in [0.1, 0.15) is 92.1 Å². The Morgan fingerprint density at radius 2 is 1.75 bits per heavy atom. The SMILES string of the molecule is CC(=O)[C@]1(O)CC[C@@]2(O)[C@]1(C)[C@H](OC(=O)/C=C(\C)C(C)C)C[C@@H]1[C@@]3(C)CC[C@H](OC(=O)/C=C/c4cccc([N+](=O)[O-])c4)CC3=CC[C@]12O. The Hall–Kier alpha value is -3.67. The first-order valence-corrected chi connectivity index (χ1v) is 16.7. The summed E-state index contributed by atoms with van der Waals surface area (Å²) < 4.78 is 11.9. The molecule has 3 N–H and O–H groups in total. The van der Waals surface area contributed by atoms with E-state index in [-0.39, 0.29) is 37.3 Å². The van der Waals surface area contributed by atoms with Crippen LogP contribution in [0.4, 0.5) is 5.69 Å². The predicted molar refractivity (Wildman–Crippen MR) is 176 cm³/mol. The lowest BCUT2D eigenvalue weighted by Crippen LogP contribution is -2.78. The monoisotopic (exact) mass is 665 g/mol. The number of Topliss-reactive ketones (excluding diaryl/α,β-unsaturated/α-hetero) is 1. The molecule has 0 heterocycles. The number of fused-ring (bicyclic) bond motifs is 5. The number of esters is 2. The van der Waals surface area contributed by atoms with E-state index in [4.69, 9.17) is 9.47 Å².